The fourth-order valence-electron chi connectivity index (χ4n) is 2.18. The molecule has 0 atom stereocenters. The number of carbonyl (C=O) groups is 2. The van der Waals surface area contributed by atoms with Crippen LogP contribution in [0.25, 0.3) is 0 Å². The standard InChI is InChI=1S/C20H23NO3S/c1-4-13-24-20(23)15-9-11-16(12-10-15)21-19(22)17-7-5-6-8-18(17)25-14(2)3/h5-12,14H,4,13H2,1-3H3,(H,21,22). The van der Waals surface area contributed by atoms with Gasteiger partial charge in [0, 0.05) is 15.8 Å². The van der Waals surface area contributed by atoms with Crippen LogP contribution in [0.2, 0.25) is 0 Å². The molecule has 132 valence electrons. The quantitative estimate of drug-likeness (QED) is 0.559. The number of thioether (sulfide) groups is 1. The fourth-order valence-corrected chi connectivity index (χ4v) is 3.13. The zero-order valence-corrected chi connectivity index (χ0v) is 15.6. The van der Waals surface area contributed by atoms with Crippen LogP contribution in [0.5, 0.6) is 0 Å². The zero-order chi connectivity index (χ0) is 18.2. The Morgan fingerprint density at radius 3 is 2.40 bits per heavy atom. The first-order chi connectivity index (χ1) is 12.0. The van der Waals surface area contributed by atoms with E-state index in [1.54, 1.807) is 36.0 Å². The van der Waals surface area contributed by atoms with Crippen LogP contribution in [0.15, 0.2) is 53.4 Å². The highest BCUT2D eigenvalue weighted by Gasteiger charge is 2.13. The Kier molecular flexibility index (Phi) is 7.07. The van der Waals surface area contributed by atoms with Gasteiger partial charge in [-0.1, -0.05) is 32.9 Å². The summed E-state index contributed by atoms with van der Waals surface area (Å²) < 4.78 is 5.09. The van der Waals surface area contributed by atoms with Gasteiger partial charge in [-0.25, -0.2) is 4.79 Å². The highest BCUT2D eigenvalue weighted by atomic mass is 32.2. The molecule has 2 aromatic rings. The van der Waals surface area contributed by atoms with Crippen LogP contribution in [-0.2, 0) is 4.74 Å². The van der Waals surface area contributed by atoms with Crippen molar-refractivity contribution in [2.75, 3.05) is 11.9 Å². The topological polar surface area (TPSA) is 55.4 Å². The SMILES string of the molecule is CCCOC(=O)c1ccc(NC(=O)c2ccccc2SC(C)C)cc1. The summed E-state index contributed by atoms with van der Waals surface area (Å²) in [6.07, 6.45) is 0.785. The van der Waals surface area contributed by atoms with Gasteiger partial charge in [-0.15, -0.1) is 11.8 Å². The number of rotatable bonds is 7. The number of nitrogens with one attached hydrogen (secondary N) is 1. The number of hydrogen-bond donors (Lipinski definition) is 1. The molecule has 2 aromatic carbocycles. The highest BCUT2D eigenvalue weighted by Crippen LogP contribution is 2.27. The average molecular weight is 357 g/mol. The summed E-state index contributed by atoms with van der Waals surface area (Å²) in [5, 5.41) is 3.27. The van der Waals surface area contributed by atoms with Crippen LogP contribution in [0.1, 0.15) is 47.9 Å². The number of benzene rings is 2. The summed E-state index contributed by atoms with van der Waals surface area (Å²) in [5.74, 6) is -0.511. The molecule has 0 aliphatic heterocycles. The molecule has 5 heteroatoms. The molecule has 1 amide bonds. The van der Waals surface area contributed by atoms with Crippen molar-refractivity contribution >= 4 is 29.3 Å². The molecule has 1 N–H and O–H groups in total. The van der Waals surface area contributed by atoms with Crippen LogP contribution in [0.3, 0.4) is 0 Å². The van der Waals surface area contributed by atoms with Gasteiger partial charge in [0.15, 0.2) is 0 Å². The predicted octanol–water partition coefficient (Wildman–Crippen LogP) is 5.01. The maximum atomic E-state index is 12.6. The Morgan fingerprint density at radius 1 is 1.08 bits per heavy atom. The molecule has 2 rings (SSSR count). The molecule has 4 nitrogen and oxygen atoms in total. The molecule has 0 fully saturated rings. The van der Waals surface area contributed by atoms with Crippen LogP contribution < -0.4 is 5.32 Å². The second kappa shape index (κ2) is 9.28. The number of carbonyl (C=O) groups excluding carboxylic acids is 2. The minimum absolute atomic E-state index is 0.162. The molecule has 0 aliphatic carbocycles. The van der Waals surface area contributed by atoms with Gasteiger partial charge in [-0.3, -0.25) is 4.79 Å². The summed E-state index contributed by atoms with van der Waals surface area (Å²) >= 11 is 1.66. The van der Waals surface area contributed by atoms with Gasteiger partial charge in [-0.2, -0.15) is 0 Å². The van der Waals surface area contributed by atoms with E-state index < -0.39 is 0 Å². The van der Waals surface area contributed by atoms with Gasteiger partial charge < -0.3 is 10.1 Å². The molecule has 0 aliphatic rings. The Balaban J connectivity index is 2.07. The van der Waals surface area contributed by atoms with Crippen molar-refractivity contribution in [1.29, 1.82) is 0 Å². The van der Waals surface area contributed by atoms with Crippen molar-refractivity contribution in [3.8, 4) is 0 Å². The first-order valence-corrected chi connectivity index (χ1v) is 9.23. The van der Waals surface area contributed by atoms with Gasteiger partial charge in [0.05, 0.1) is 17.7 Å². The minimum atomic E-state index is -0.349. The predicted molar refractivity (Wildman–Crippen MR) is 102 cm³/mol. The number of anilines is 1. The van der Waals surface area contributed by atoms with Crippen molar-refractivity contribution in [2.24, 2.45) is 0 Å². The van der Waals surface area contributed by atoms with E-state index in [0.29, 0.717) is 28.7 Å². The fraction of sp³-hybridized carbons (Fsp3) is 0.300. The van der Waals surface area contributed by atoms with E-state index >= 15 is 0 Å². The van der Waals surface area contributed by atoms with E-state index in [-0.39, 0.29) is 11.9 Å². The summed E-state index contributed by atoms with van der Waals surface area (Å²) in [6, 6.07) is 14.3. The maximum Gasteiger partial charge on any atom is 0.338 e. The van der Waals surface area contributed by atoms with E-state index in [9.17, 15) is 9.59 Å². The highest BCUT2D eigenvalue weighted by molar-refractivity contribution is 8.00. The lowest BCUT2D eigenvalue weighted by Gasteiger charge is -2.12. The number of ether oxygens (including phenoxy) is 1. The maximum absolute atomic E-state index is 12.6. The number of hydrogen-bond acceptors (Lipinski definition) is 4. The minimum Gasteiger partial charge on any atom is -0.462 e. The molecule has 0 unspecified atom stereocenters. The van der Waals surface area contributed by atoms with Gasteiger partial charge in [0.1, 0.15) is 0 Å². The number of esters is 1. The van der Waals surface area contributed by atoms with Gasteiger partial charge >= 0.3 is 5.97 Å². The van der Waals surface area contributed by atoms with Crippen molar-refractivity contribution < 1.29 is 14.3 Å². The molecule has 0 bridgehead atoms. The third-order valence-electron chi connectivity index (χ3n) is 3.31. The molecule has 0 aromatic heterocycles. The monoisotopic (exact) mass is 357 g/mol. The van der Waals surface area contributed by atoms with Crippen molar-refractivity contribution in [2.45, 2.75) is 37.3 Å². The summed E-state index contributed by atoms with van der Waals surface area (Å²) in [4.78, 5) is 25.3. The normalized spacial score (nSPS) is 10.6. The lowest BCUT2D eigenvalue weighted by molar-refractivity contribution is 0.0505. The second-order valence-corrected chi connectivity index (χ2v) is 7.45. The summed E-state index contributed by atoms with van der Waals surface area (Å²) in [7, 11) is 0. The lowest BCUT2D eigenvalue weighted by Crippen LogP contribution is -2.13. The molecular formula is C20H23NO3S. The Labute approximate surface area is 153 Å². The van der Waals surface area contributed by atoms with E-state index in [4.69, 9.17) is 4.74 Å². The smallest absolute Gasteiger partial charge is 0.338 e. The summed E-state index contributed by atoms with van der Waals surface area (Å²) in [5.41, 5.74) is 1.76. The lowest BCUT2D eigenvalue weighted by atomic mass is 10.2. The molecule has 0 radical (unpaired) electrons. The third kappa shape index (κ3) is 5.64. The zero-order valence-electron chi connectivity index (χ0n) is 14.7. The molecular weight excluding hydrogens is 334 g/mol. The van der Waals surface area contributed by atoms with Crippen molar-refractivity contribution in [3.05, 3.63) is 59.7 Å². The largest absolute Gasteiger partial charge is 0.462 e. The van der Waals surface area contributed by atoms with Gasteiger partial charge in [0.2, 0.25) is 0 Å². The Bertz CT molecular complexity index is 726. The Morgan fingerprint density at radius 2 is 1.76 bits per heavy atom. The van der Waals surface area contributed by atoms with E-state index in [1.165, 1.54) is 0 Å². The van der Waals surface area contributed by atoms with Gasteiger partial charge in [0.25, 0.3) is 5.91 Å². The van der Waals surface area contributed by atoms with Crippen LogP contribution in [-0.4, -0.2) is 23.7 Å². The molecule has 0 saturated heterocycles. The van der Waals surface area contributed by atoms with Gasteiger partial charge in [-0.05, 0) is 42.8 Å². The number of amides is 1. The van der Waals surface area contributed by atoms with E-state index in [2.05, 4.69) is 19.2 Å². The molecule has 25 heavy (non-hydrogen) atoms. The first-order valence-electron chi connectivity index (χ1n) is 8.35. The summed E-state index contributed by atoms with van der Waals surface area (Å²) in [6.45, 7) is 6.54. The third-order valence-corrected chi connectivity index (χ3v) is 4.39. The Hall–Kier alpha value is -2.27. The van der Waals surface area contributed by atoms with Crippen LogP contribution in [0, 0.1) is 0 Å². The van der Waals surface area contributed by atoms with E-state index in [0.717, 1.165) is 11.3 Å². The second-order valence-electron chi connectivity index (χ2n) is 5.83. The van der Waals surface area contributed by atoms with Crippen LogP contribution in [0.4, 0.5) is 5.69 Å². The molecule has 0 heterocycles. The average Bonchev–Trinajstić information content (AvgIpc) is 2.60. The van der Waals surface area contributed by atoms with Crippen molar-refractivity contribution in [3.63, 3.8) is 0 Å². The molecule has 0 spiro atoms. The van der Waals surface area contributed by atoms with Crippen LogP contribution >= 0.6 is 11.8 Å². The first kappa shape index (κ1) is 19.1. The molecule has 0 saturated carbocycles. The van der Waals surface area contributed by atoms with Crippen molar-refractivity contribution in [1.82, 2.24) is 0 Å². The van der Waals surface area contributed by atoms with E-state index in [1.807, 2.05) is 31.2 Å².